The van der Waals surface area contributed by atoms with Gasteiger partial charge in [-0.2, -0.15) is 0 Å². The van der Waals surface area contributed by atoms with Crippen molar-refractivity contribution in [3.05, 3.63) is 92.0 Å². The van der Waals surface area contributed by atoms with Crippen LogP contribution < -0.4 is 14.8 Å². The average Bonchev–Trinajstić information content (AvgIpc) is 3.26. The first-order valence-corrected chi connectivity index (χ1v) is 12.9. The molecule has 3 N–H and O–H groups in total. The van der Waals surface area contributed by atoms with Crippen LogP contribution in [-0.4, -0.2) is 28.7 Å². The SMILES string of the molecule is CCOc1cc(CNC(Cc2c[nH]c3ccccc23)C(=O)O)c(Br)cc1OCc1ccc(Cl)cc1Cl. The van der Waals surface area contributed by atoms with Crippen LogP contribution in [0.25, 0.3) is 10.9 Å². The first kappa shape index (κ1) is 26.4. The second-order valence-electron chi connectivity index (χ2n) is 8.18. The zero-order valence-corrected chi connectivity index (χ0v) is 22.6. The summed E-state index contributed by atoms with van der Waals surface area (Å²) in [4.78, 5) is 15.2. The molecule has 1 atom stereocenters. The van der Waals surface area contributed by atoms with Crippen molar-refractivity contribution >= 4 is 56.0 Å². The van der Waals surface area contributed by atoms with Crippen LogP contribution in [0.3, 0.4) is 0 Å². The molecule has 6 nitrogen and oxygen atoms in total. The normalized spacial score (nSPS) is 12.0. The highest BCUT2D eigenvalue weighted by molar-refractivity contribution is 9.10. The molecule has 1 heterocycles. The van der Waals surface area contributed by atoms with E-state index in [4.69, 9.17) is 32.7 Å². The van der Waals surface area contributed by atoms with E-state index in [1.165, 1.54) is 0 Å². The average molecular weight is 592 g/mol. The molecule has 188 valence electrons. The lowest BCUT2D eigenvalue weighted by Crippen LogP contribution is -2.38. The second-order valence-corrected chi connectivity index (χ2v) is 9.88. The monoisotopic (exact) mass is 590 g/mol. The molecule has 0 radical (unpaired) electrons. The van der Waals surface area contributed by atoms with Crippen molar-refractivity contribution in [2.24, 2.45) is 0 Å². The van der Waals surface area contributed by atoms with Crippen molar-refractivity contribution in [2.75, 3.05) is 6.61 Å². The third-order valence-corrected chi connectivity index (χ3v) is 7.07. The van der Waals surface area contributed by atoms with Crippen molar-refractivity contribution < 1.29 is 19.4 Å². The summed E-state index contributed by atoms with van der Waals surface area (Å²) in [6.45, 7) is 2.90. The Labute approximate surface area is 227 Å². The fourth-order valence-electron chi connectivity index (χ4n) is 3.89. The minimum absolute atomic E-state index is 0.242. The van der Waals surface area contributed by atoms with Gasteiger partial charge >= 0.3 is 5.97 Å². The summed E-state index contributed by atoms with van der Waals surface area (Å²) in [6.07, 6.45) is 2.21. The van der Waals surface area contributed by atoms with E-state index in [2.05, 4.69) is 26.2 Å². The highest BCUT2D eigenvalue weighted by Gasteiger charge is 2.20. The number of hydrogen-bond acceptors (Lipinski definition) is 4. The quantitative estimate of drug-likeness (QED) is 0.175. The van der Waals surface area contributed by atoms with Crippen LogP contribution in [0.15, 0.2) is 65.3 Å². The number of carboxylic acid groups (broad SMARTS) is 1. The maximum absolute atomic E-state index is 12.0. The molecule has 4 aromatic rings. The van der Waals surface area contributed by atoms with Gasteiger partial charge in [0.2, 0.25) is 0 Å². The van der Waals surface area contributed by atoms with Gasteiger partial charge in [-0.3, -0.25) is 10.1 Å². The molecule has 0 aliphatic carbocycles. The Morgan fingerprint density at radius 2 is 1.83 bits per heavy atom. The molecule has 1 aromatic heterocycles. The summed E-state index contributed by atoms with van der Waals surface area (Å²) < 4.78 is 12.6. The number of carboxylic acids is 1. The van der Waals surface area contributed by atoms with Gasteiger partial charge in [0.05, 0.1) is 6.61 Å². The molecule has 4 rings (SSSR count). The van der Waals surface area contributed by atoms with Crippen molar-refractivity contribution in [1.29, 1.82) is 0 Å². The molecule has 1 unspecified atom stereocenters. The molecule has 0 amide bonds. The minimum Gasteiger partial charge on any atom is -0.490 e. The van der Waals surface area contributed by atoms with Gasteiger partial charge in [-0.05, 0) is 48.4 Å². The zero-order valence-electron chi connectivity index (χ0n) is 19.5. The van der Waals surface area contributed by atoms with E-state index in [1.807, 2.05) is 55.6 Å². The first-order chi connectivity index (χ1) is 17.4. The number of halogens is 3. The number of ether oxygens (including phenoxy) is 2. The van der Waals surface area contributed by atoms with Crippen LogP contribution in [0.2, 0.25) is 10.0 Å². The van der Waals surface area contributed by atoms with Gasteiger partial charge in [-0.25, -0.2) is 0 Å². The Balaban J connectivity index is 1.48. The van der Waals surface area contributed by atoms with Crippen LogP contribution >= 0.6 is 39.1 Å². The maximum Gasteiger partial charge on any atom is 0.321 e. The van der Waals surface area contributed by atoms with Gasteiger partial charge in [-0.15, -0.1) is 0 Å². The summed E-state index contributed by atoms with van der Waals surface area (Å²) in [5.41, 5.74) is 3.58. The molecule has 0 spiro atoms. The van der Waals surface area contributed by atoms with Gasteiger partial charge in [0.15, 0.2) is 11.5 Å². The molecular weight excluding hydrogens is 567 g/mol. The number of hydrogen-bond donors (Lipinski definition) is 3. The number of carbonyl (C=O) groups is 1. The van der Waals surface area contributed by atoms with Gasteiger partial charge in [-0.1, -0.05) is 63.4 Å². The van der Waals surface area contributed by atoms with E-state index in [0.29, 0.717) is 41.1 Å². The summed E-state index contributed by atoms with van der Waals surface area (Å²) >= 11 is 15.8. The standard InChI is InChI=1S/C27H25BrCl2N2O4/c1-2-35-25-10-18(21(28)12-26(25)36-15-16-7-8-19(29)11-22(16)30)14-32-24(27(33)34)9-17-13-31-23-6-4-3-5-20(17)23/h3-8,10-13,24,31-32H,2,9,14-15H2,1H3,(H,33,34). The molecule has 0 saturated heterocycles. The summed E-state index contributed by atoms with van der Waals surface area (Å²) in [5.74, 6) is 0.194. The van der Waals surface area contributed by atoms with Crippen molar-refractivity contribution in [3.8, 4) is 11.5 Å². The van der Waals surface area contributed by atoms with Gasteiger partial charge < -0.3 is 19.6 Å². The predicted molar refractivity (Wildman–Crippen MR) is 146 cm³/mol. The van der Waals surface area contributed by atoms with Gasteiger partial charge in [0.1, 0.15) is 12.6 Å². The summed E-state index contributed by atoms with van der Waals surface area (Å²) in [6, 6.07) is 16.0. The van der Waals surface area contributed by atoms with Crippen LogP contribution in [0.4, 0.5) is 0 Å². The fraction of sp³-hybridized carbons (Fsp3) is 0.222. The minimum atomic E-state index is -0.916. The lowest BCUT2D eigenvalue weighted by molar-refractivity contribution is -0.139. The number of H-pyrrole nitrogens is 1. The van der Waals surface area contributed by atoms with Crippen molar-refractivity contribution in [1.82, 2.24) is 10.3 Å². The van der Waals surface area contributed by atoms with Gasteiger partial charge in [0.25, 0.3) is 0 Å². The molecule has 0 aliphatic rings. The third kappa shape index (κ3) is 6.34. The Bertz CT molecular complexity index is 1380. The highest BCUT2D eigenvalue weighted by Crippen LogP contribution is 2.35. The molecule has 0 bridgehead atoms. The van der Waals surface area contributed by atoms with Crippen LogP contribution in [-0.2, 0) is 24.4 Å². The summed E-state index contributed by atoms with van der Waals surface area (Å²) in [5, 5.41) is 15.1. The number of nitrogens with one attached hydrogen (secondary N) is 2. The van der Waals surface area contributed by atoms with Crippen molar-refractivity contribution in [3.63, 3.8) is 0 Å². The van der Waals surface area contributed by atoms with E-state index < -0.39 is 12.0 Å². The molecule has 0 aliphatic heterocycles. The van der Waals surface area contributed by atoms with E-state index >= 15 is 0 Å². The molecule has 0 saturated carbocycles. The van der Waals surface area contributed by atoms with E-state index in [1.54, 1.807) is 12.1 Å². The lowest BCUT2D eigenvalue weighted by Gasteiger charge is -2.18. The molecule has 36 heavy (non-hydrogen) atoms. The fourth-order valence-corrected chi connectivity index (χ4v) is 4.81. The maximum atomic E-state index is 12.0. The largest absolute Gasteiger partial charge is 0.490 e. The lowest BCUT2D eigenvalue weighted by atomic mass is 10.0. The Kier molecular flexibility index (Phi) is 8.80. The number of fused-ring (bicyclic) bond motifs is 1. The number of benzene rings is 3. The first-order valence-electron chi connectivity index (χ1n) is 11.4. The summed E-state index contributed by atoms with van der Waals surface area (Å²) in [7, 11) is 0. The molecular formula is C27H25BrCl2N2O4. The third-order valence-electron chi connectivity index (χ3n) is 5.75. The predicted octanol–water partition coefficient (Wildman–Crippen LogP) is 7.00. The number of aromatic nitrogens is 1. The zero-order chi connectivity index (χ0) is 25.7. The van der Waals surface area contributed by atoms with E-state index in [0.717, 1.165) is 32.1 Å². The smallest absolute Gasteiger partial charge is 0.321 e. The Morgan fingerprint density at radius 3 is 2.58 bits per heavy atom. The van der Waals surface area contributed by atoms with E-state index in [-0.39, 0.29) is 6.61 Å². The molecule has 0 fully saturated rings. The second kappa shape index (κ2) is 12.0. The van der Waals surface area contributed by atoms with Crippen molar-refractivity contribution in [2.45, 2.75) is 32.5 Å². The number of rotatable bonds is 11. The van der Waals surface area contributed by atoms with Crippen LogP contribution in [0, 0.1) is 0 Å². The molecule has 9 heteroatoms. The Hall–Kier alpha value is -2.71. The molecule has 3 aromatic carbocycles. The van der Waals surface area contributed by atoms with E-state index in [9.17, 15) is 9.90 Å². The van der Waals surface area contributed by atoms with Gasteiger partial charge in [0, 0.05) is 50.1 Å². The number of aliphatic carboxylic acids is 1. The van der Waals surface area contributed by atoms with Crippen LogP contribution in [0.5, 0.6) is 11.5 Å². The number of para-hydroxylation sites is 1. The topological polar surface area (TPSA) is 83.6 Å². The Morgan fingerprint density at radius 1 is 1.06 bits per heavy atom. The highest BCUT2D eigenvalue weighted by atomic mass is 79.9. The van der Waals surface area contributed by atoms with Crippen LogP contribution in [0.1, 0.15) is 23.6 Å². The number of aromatic amines is 1.